The van der Waals surface area contributed by atoms with Crippen LogP contribution in [0.15, 0.2) is 24.3 Å². The molecule has 1 aliphatic heterocycles. The predicted molar refractivity (Wildman–Crippen MR) is 94.2 cm³/mol. The number of carbonyl (C=O) groups excluding carboxylic acids is 1. The van der Waals surface area contributed by atoms with Gasteiger partial charge in [0.05, 0.1) is 25.0 Å². The van der Waals surface area contributed by atoms with E-state index in [-0.39, 0.29) is 30.6 Å². The molecule has 0 aromatic heterocycles. The zero-order valence-corrected chi connectivity index (χ0v) is 15.2. The van der Waals surface area contributed by atoms with Crippen LogP contribution in [0.2, 0.25) is 0 Å². The molecule has 136 valence electrons. The number of hydrogen-bond donors (Lipinski definition) is 2. The molecular formula is C15H24ClN3O4S. The first-order valence-electron chi connectivity index (χ1n) is 7.56. The number of amides is 1. The molecule has 1 fully saturated rings. The second kappa shape index (κ2) is 9.33. The van der Waals surface area contributed by atoms with Gasteiger partial charge in [0.15, 0.2) is 0 Å². The second-order valence-corrected chi connectivity index (χ2v) is 7.51. The first kappa shape index (κ1) is 20.9. The van der Waals surface area contributed by atoms with E-state index in [9.17, 15) is 13.2 Å². The molecule has 0 unspecified atom stereocenters. The standard InChI is InChI=1S/C15H23N3O4S.ClH/c1-12(16)15(19)17-10-13-4-2-3-5-14(13)11-23(20,21)18-6-8-22-9-7-18;/h2-5,12H,6-11,16H2,1H3,(H,17,19);1H/t12-;/m1./s1. The van der Waals surface area contributed by atoms with Gasteiger partial charge in [-0.3, -0.25) is 4.79 Å². The molecule has 1 heterocycles. The summed E-state index contributed by atoms with van der Waals surface area (Å²) in [6, 6.07) is 6.59. The molecule has 9 heteroatoms. The molecule has 0 spiro atoms. The number of halogens is 1. The molecule has 1 aliphatic rings. The molecular weight excluding hydrogens is 354 g/mol. The minimum Gasteiger partial charge on any atom is -0.379 e. The maximum Gasteiger partial charge on any atom is 0.236 e. The molecule has 7 nitrogen and oxygen atoms in total. The summed E-state index contributed by atoms with van der Waals surface area (Å²) in [7, 11) is -3.40. The van der Waals surface area contributed by atoms with Gasteiger partial charge in [0.2, 0.25) is 15.9 Å². The van der Waals surface area contributed by atoms with Gasteiger partial charge in [-0.1, -0.05) is 24.3 Å². The Morgan fingerprint density at radius 3 is 2.46 bits per heavy atom. The van der Waals surface area contributed by atoms with Crippen LogP contribution in [0, 0.1) is 0 Å². The van der Waals surface area contributed by atoms with Gasteiger partial charge in [0.1, 0.15) is 0 Å². The van der Waals surface area contributed by atoms with Crippen LogP contribution in [0.4, 0.5) is 0 Å². The van der Waals surface area contributed by atoms with Crippen molar-refractivity contribution >= 4 is 28.3 Å². The summed E-state index contributed by atoms with van der Waals surface area (Å²) in [5, 5.41) is 2.71. The van der Waals surface area contributed by atoms with Gasteiger partial charge < -0.3 is 15.8 Å². The van der Waals surface area contributed by atoms with E-state index >= 15 is 0 Å². The SMILES string of the molecule is C[C@@H](N)C(=O)NCc1ccccc1CS(=O)(=O)N1CCOCC1.Cl. The van der Waals surface area contributed by atoms with Crippen molar-refractivity contribution in [2.45, 2.75) is 25.3 Å². The zero-order chi connectivity index (χ0) is 16.9. The third-order valence-corrected chi connectivity index (χ3v) is 5.51. The number of rotatable bonds is 6. The Hall–Kier alpha value is -1.19. The molecule has 3 N–H and O–H groups in total. The smallest absolute Gasteiger partial charge is 0.236 e. The number of morpholine rings is 1. The molecule has 0 aliphatic carbocycles. The van der Waals surface area contributed by atoms with Gasteiger partial charge in [-0.15, -0.1) is 12.4 Å². The fourth-order valence-electron chi connectivity index (χ4n) is 2.33. The molecule has 0 saturated carbocycles. The fraction of sp³-hybridized carbons (Fsp3) is 0.533. The number of nitrogens with two attached hydrogens (primary N) is 1. The van der Waals surface area contributed by atoms with Crippen molar-refractivity contribution in [2.75, 3.05) is 26.3 Å². The molecule has 0 bridgehead atoms. The lowest BCUT2D eigenvalue weighted by molar-refractivity contribution is -0.122. The van der Waals surface area contributed by atoms with Gasteiger partial charge in [-0.2, -0.15) is 4.31 Å². The van der Waals surface area contributed by atoms with E-state index in [0.29, 0.717) is 31.9 Å². The van der Waals surface area contributed by atoms with Crippen LogP contribution < -0.4 is 11.1 Å². The lowest BCUT2D eigenvalue weighted by Gasteiger charge is -2.26. The summed E-state index contributed by atoms with van der Waals surface area (Å²) in [5.41, 5.74) is 6.97. The van der Waals surface area contributed by atoms with Gasteiger partial charge in [0, 0.05) is 19.6 Å². The van der Waals surface area contributed by atoms with Crippen molar-refractivity contribution < 1.29 is 17.9 Å². The topological polar surface area (TPSA) is 102 Å². The number of benzene rings is 1. The van der Waals surface area contributed by atoms with E-state index in [0.717, 1.165) is 5.56 Å². The first-order valence-corrected chi connectivity index (χ1v) is 9.17. The summed E-state index contributed by atoms with van der Waals surface area (Å²) in [4.78, 5) is 11.6. The summed E-state index contributed by atoms with van der Waals surface area (Å²) in [5.74, 6) is -0.354. The quantitative estimate of drug-likeness (QED) is 0.739. The average Bonchev–Trinajstić information content (AvgIpc) is 2.54. The zero-order valence-electron chi connectivity index (χ0n) is 13.6. The third-order valence-electron chi connectivity index (χ3n) is 3.69. The molecule has 2 rings (SSSR count). The second-order valence-electron chi connectivity index (χ2n) is 5.54. The average molecular weight is 378 g/mol. The Kier molecular flexibility index (Phi) is 8.11. The maximum atomic E-state index is 12.5. The lowest BCUT2D eigenvalue weighted by Crippen LogP contribution is -2.41. The number of nitrogens with zero attached hydrogens (tertiary/aromatic N) is 1. The number of hydrogen-bond acceptors (Lipinski definition) is 5. The third kappa shape index (κ3) is 5.71. The van der Waals surface area contributed by atoms with Crippen LogP contribution in [0.25, 0.3) is 0 Å². The predicted octanol–water partition coefficient (Wildman–Crippen LogP) is 0.234. The van der Waals surface area contributed by atoms with Gasteiger partial charge >= 0.3 is 0 Å². The van der Waals surface area contributed by atoms with Crippen LogP contribution in [0.3, 0.4) is 0 Å². The van der Waals surface area contributed by atoms with Crippen molar-refractivity contribution in [3.63, 3.8) is 0 Å². The van der Waals surface area contributed by atoms with Crippen LogP contribution >= 0.6 is 12.4 Å². The van der Waals surface area contributed by atoms with E-state index < -0.39 is 16.1 Å². The molecule has 1 amide bonds. The van der Waals surface area contributed by atoms with E-state index in [1.165, 1.54) is 4.31 Å². The lowest BCUT2D eigenvalue weighted by atomic mass is 10.1. The van der Waals surface area contributed by atoms with Crippen LogP contribution in [0.5, 0.6) is 0 Å². The highest BCUT2D eigenvalue weighted by Crippen LogP contribution is 2.16. The van der Waals surface area contributed by atoms with Gasteiger partial charge in [0.25, 0.3) is 0 Å². The van der Waals surface area contributed by atoms with Crippen molar-refractivity contribution in [3.05, 3.63) is 35.4 Å². The van der Waals surface area contributed by atoms with E-state index in [1.807, 2.05) is 12.1 Å². The van der Waals surface area contributed by atoms with E-state index in [2.05, 4.69) is 5.32 Å². The van der Waals surface area contributed by atoms with E-state index in [4.69, 9.17) is 10.5 Å². The Bertz CT molecular complexity index is 646. The number of nitrogens with one attached hydrogen (secondary N) is 1. The highest BCUT2D eigenvalue weighted by atomic mass is 35.5. The summed E-state index contributed by atoms with van der Waals surface area (Å²) < 4.78 is 31.7. The van der Waals surface area contributed by atoms with Crippen LogP contribution in [-0.2, 0) is 31.9 Å². The minimum atomic E-state index is -3.40. The molecule has 1 atom stereocenters. The number of ether oxygens (including phenoxy) is 1. The van der Waals surface area contributed by atoms with E-state index in [1.54, 1.807) is 19.1 Å². The summed E-state index contributed by atoms with van der Waals surface area (Å²) >= 11 is 0. The molecule has 1 saturated heterocycles. The monoisotopic (exact) mass is 377 g/mol. The maximum absolute atomic E-state index is 12.5. The van der Waals surface area contributed by atoms with Crippen LogP contribution in [-0.4, -0.2) is 51.0 Å². The molecule has 0 radical (unpaired) electrons. The Balaban J connectivity index is 0.00000288. The Morgan fingerprint density at radius 1 is 1.29 bits per heavy atom. The number of sulfonamides is 1. The normalized spacial score (nSPS) is 16.9. The van der Waals surface area contributed by atoms with Crippen LogP contribution in [0.1, 0.15) is 18.1 Å². The summed E-state index contributed by atoms with van der Waals surface area (Å²) in [6.45, 7) is 3.47. The minimum absolute atomic E-state index is 0. The van der Waals surface area contributed by atoms with Crippen molar-refractivity contribution in [3.8, 4) is 0 Å². The Labute approximate surface area is 149 Å². The largest absolute Gasteiger partial charge is 0.379 e. The highest BCUT2D eigenvalue weighted by molar-refractivity contribution is 7.88. The molecule has 1 aromatic carbocycles. The van der Waals surface area contributed by atoms with Crippen molar-refractivity contribution in [1.29, 1.82) is 0 Å². The highest BCUT2D eigenvalue weighted by Gasteiger charge is 2.25. The van der Waals surface area contributed by atoms with Crippen molar-refractivity contribution in [1.82, 2.24) is 9.62 Å². The number of carbonyl (C=O) groups is 1. The molecule has 1 aromatic rings. The summed E-state index contributed by atoms with van der Waals surface area (Å²) in [6.07, 6.45) is 0. The first-order chi connectivity index (χ1) is 10.9. The Morgan fingerprint density at radius 2 is 1.88 bits per heavy atom. The van der Waals surface area contributed by atoms with Gasteiger partial charge in [-0.25, -0.2) is 8.42 Å². The fourth-order valence-corrected chi connectivity index (χ4v) is 3.89. The van der Waals surface area contributed by atoms with Crippen molar-refractivity contribution in [2.24, 2.45) is 5.73 Å². The van der Waals surface area contributed by atoms with Gasteiger partial charge in [-0.05, 0) is 18.1 Å². The molecule has 24 heavy (non-hydrogen) atoms.